The fourth-order valence-corrected chi connectivity index (χ4v) is 1.74. The first-order valence-electron chi connectivity index (χ1n) is 4.86. The van der Waals surface area contributed by atoms with E-state index in [0.29, 0.717) is 6.10 Å². The lowest BCUT2D eigenvalue weighted by Gasteiger charge is -2.10. The van der Waals surface area contributed by atoms with Gasteiger partial charge in [-0.25, -0.2) is 0 Å². The molecule has 1 saturated heterocycles. The maximum absolute atomic E-state index is 5.26. The summed E-state index contributed by atoms with van der Waals surface area (Å²) in [5, 5.41) is 0. The summed E-state index contributed by atoms with van der Waals surface area (Å²) in [7, 11) is 0. The highest BCUT2D eigenvalue weighted by molar-refractivity contribution is 5.39. The molecule has 2 rings (SSSR count). The number of aryl methyl sites for hydroxylation is 2. The van der Waals surface area contributed by atoms with E-state index in [1.807, 2.05) is 0 Å². The van der Waals surface area contributed by atoms with E-state index >= 15 is 0 Å². The number of benzene rings is 1. The first kappa shape index (κ1) is 8.76. The second kappa shape index (κ2) is 3.15. The van der Waals surface area contributed by atoms with Crippen LogP contribution in [0.4, 0.5) is 0 Å². The van der Waals surface area contributed by atoms with Crippen LogP contribution in [0.15, 0.2) is 12.1 Å². The molecule has 70 valence electrons. The Morgan fingerprint density at radius 1 is 1.23 bits per heavy atom. The highest BCUT2D eigenvalue weighted by Gasteiger charge is 2.24. The van der Waals surface area contributed by atoms with E-state index in [1.165, 1.54) is 22.3 Å². The Morgan fingerprint density at radius 2 is 1.85 bits per heavy atom. The van der Waals surface area contributed by atoms with Crippen molar-refractivity contribution in [2.75, 3.05) is 6.61 Å². The fourth-order valence-electron chi connectivity index (χ4n) is 1.74. The normalized spacial score (nSPS) is 20.4. The van der Waals surface area contributed by atoms with E-state index in [-0.39, 0.29) is 0 Å². The van der Waals surface area contributed by atoms with Gasteiger partial charge in [-0.1, -0.05) is 12.1 Å². The van der Waals surface area contributed by atoms with Crippen LogP contribution in [0.3, 0.4) is 0 Å². The SMILES string of the molecule is Cc1ccc(C)c(CC2CO2)c1C. The van der Waals surface area contributed by atoms with Crippen molar-refractivity contribution in [3.8, 4) is 0 Å². The zero-order valence-electron chi connectivity index (χ0n) is 8.55. The lowest BCUT2D eigenvalue weighted by molar-refractivity contribution is 0.407. The van der Waals surface area contributed by atoms with Crippen molar-refractivity contribution in [1.29, 1.82) is 0 Å². The predicted octanol–water partition coefficient (Wildman–Crippen LogP) is 2.55. The van der Waals surface area contributed by atoms with Crippen LogP contribution in [0, 0.1) is 20.8 Å². The molecule has 1 nitrogen and oxygen atoms in total. The van der Waals surface area contributed by atoms with Gasteiger partial charge >= 0.3 is 0 Å². The molecule has 1 aromatic carbocycles. The first-order valence-corrected chi connectivity index (χ1v) is 4.86. The molecule has 1 heterocycles. The van der Waals surface area contributed by atoms with E-state index in [1.54, 1.807) is 0 Å². The van der Waals surface area contributed by atoms with Gasteiger partial charge in [0.2, 0.25) is 0 Å². The van der Waals surface area contributed by atoms with E-state index < -0.39 is 0 Å². The van der Waals surface area contributed by atoms with Gasteiger partial charge in [0.25, 0.3) is 0 Å². The Balaban J connectivity index is 2.34. The van der Waals surface area contributed by atoms with Crippen LogP contribution in [0.2, 0.25) is 0 Å². The van der Waals surface area contributed by atoms with Crippen molar-refractivity contribution in [2.24, 2.45) is 0 Å². The molecule has 0 saturated carbocycles. The lowest BCUT2D eigenvalue weighted by atomic mass is 9.95. The Kier molecular flexibility index (Phi) is 2.12. The molecule has 0 bridgehead atoms. The lowest BCUT2D eigenvalue weighted by Crippen LogP contribution is -2.00. The molecule has 1 aromatic rings. The van der Waals surface area contributed by atoms with Crippen molar-refractivity contribution in [3.63, 3.8) is 0 Å². The monoisotopic (exact) mass is 176 g/mol. The molecule has 0 aliphatic carbocycles. The average Bonchev–Trinajstić information content (AvgIpc) is 2.89. The van der Waals surface area contributed by atoms with E-state index in [4.69, 9.17) is 4.74 Å². The van der Waals surface area contributed by atoms with E-state index in [0.717, 1.165) is 13.0 Å². The zero-order valence-corrected chi connectivity index (χ0v) is 8.55. The fraction of sp³-hybridized carbons (Fsp3) is 0.500. The number of rotatable bonds is 2. The van der Waals surface area contributed by atoms with Gasteiger partial charge in [0.1, 0.15) is 0 Å². The van der Waals surface area contributed by atoms with Gasteiger partial charge in [0.05, 0.1) is 12.7 Å². The van der Waals surface area contributed by atoms with Crippen LogP contribution in [0.5, 0.6) is 0 Å². The number of hydrogen-bond acceptors (Lipinski definition) is 1. The summed E-state index contributed by atoms with van der Waals surface area (Å²) >= 11 is 0. The Hall–Kier alpha value is -0.820. The third-order valence-corrected chi connectivity index (χ3v) is 2.94. The molecule has 0 spiro atoms. The van der Waals surface area contributed by atoms with Crippen molar-refractivity contribution < 1.29 is 4.74 Å². The highest BCUT2D eigenvalue weighted by Crippen LogP contribution is 2.23. The van der Waals surface area contributed by atoms with Crippen LogP contribution >= 0.6 is 0 Å². The molecule has 1 fully saturated rings. The topological polar surface area (TPSA) is 12.5 Å². The molecule has 0 aromatic heterocycles. The molecule has 1 aliphatic heterocycles. The third-order valence-electron chi connectivity index (χ3n) is 2.94. The molecule has 1 unspecified atom stereocenters. The summed E-state index contributed by atoms with van der Waals surface area (Å²) in [5.41, 5.74) is 5.72. The van der Waals surface area contributed by atoms with Crippen molar-refractivity contribution in [1.82, 2.24) is 0 Å². The number of hydrogen-bond donors (Lipinski definition) is 0. The number of ether oxygens (including phenoxy) is 1. The second-order valence-corrected chi connectivity index (χ2v) is 3.96. The molecule has 1 aliphatic rings. The summed E-state index contributed by atoms with van der Waals surface area (Å²) in [6.07, 6.45) is 1.60. The van der Waals surface area contributed by atoms with Gasteiger partial charge in [0, 0.05) is 6.42 Å². The van der Waals surface area contributed by atoms with Crippen LogP contribution in [-0.2, 0) is 11.2 Å². The minimum atomic E-state index is 0.499. The van der Waals surface area contributed by atoms with Crippen LogP contribution in [0.1, 0.15) is 22.3 Å². The quantitative estimate of drug-likeness (QED) is 0.631. The smallest absolute Gasteiger partial charge is 0.0850 e. The minimum Gasteiger partial charge on any atom is -0.373 e. The minimum absolute atomic E-state index is 0.499. The summed E-state index contributed by atoms with van der Waals surface area (Å²) in [6.45, 7) is 7.52. The summed E-state index contributed by atoms with van der Waals surface area (Å²) in [5.74, 6) is 0. The largest absolute Gasteiger partial charge is 0.373 e. The van der Waals surface area contributed by atoms with Crippen LogP contribution in [0.25, 0.3) is 0 Å². The van der Waals surface area contributed by atoms with Crippen molar-refractivity contribution in [3.05, 3.63) is 34.4 Å². The highest BCUT2D eigenvalue weighted by atomic mass is 16.6. The molecule has 1 heteroatoms. The molecule has 0 N–H and O–H groups in total. The Labute approximate surface area is 79.7 Å². The van der Waals surface area contributed by atoms with Gasteiger partial charge < -0.3 is 4.74 Å². The van der Waals surface area contributed by atoms with E-state index in [9.17, 15) is 0 Å². The molecule has 0 amide bonds. The average molecular weight is 176 g/mol. The van der Waals surface area contributed by atoms with Gasteiger partial charge in [-0.2, -0.15) is 0 Å². The van der Waals surface area contributed by atoms with Crippen LogP contribution in [-0.4, -0.2) is 12.7 Å². The third kappa shape index (κ3) is 1.75. The van der Waals surface area contributed by atoms with Crippen LogP contribution < -0.4 is 0 Å². The van der Waals surface area contributed by atoms with Gasteiger partial charge in [-0.05, 0) is 43.0 Å². The maximum atomic E-state index is 5.26. The Morgan fingerprint density at radius 3 is 2.46 bits per heavy atom. The molecular formula is C12H16O. The Bertz CT molecular complexity index is 324. The molecule has 1 atom stereocenters. The molecule has 0 radical (unpaired) electrons. The van der Waals surface area contributed by atoms with Gasteiger partial charge in [-0.15, -0.1) is 0 Å². The molecule has 13 heavy (non-hydrogen) atoms. The zero-order chi connectivity index (χ0) is 9.42. The maximum Gasteiger partial charge on any atom is 0.0850 e. The predicted molar refractivity (Wildman–Crippen MR) is 54.1 cm³/mol. The van der Waals surface area contributed by atoms with Gasteiger partial charge in [-0.3, -0.25) is 0 Å². The summed E-state index contributed by atoms with van der Waals surface area (Å²) < 4.78 is 5.26. The summed E-state index contributed by atoms with van der Waals surface area (Å²) in [6, 6.07) is 4.40. The van der Waals surface area contributed by atoms with Crippen molar-refractivity contribution in [2.45, 2.75) is 33.3 Å². The summed E-state index contributed by atoms with van der Waals surface area (Å²) in [4.78, 5) is 0. The van der Waals surface area contributed by atoms with Gasteiger partial charge in [0.15, 0.2) is 0 Å². The standard InChI is InChI=1S/C12H16O/c1-8-4-5-9(2)12(10(8)3)6-11-7-13-11/h4-5,11H,6-7H2,1-3H3. The van der Waals surface area contributed by atoms with E-state index in [2.05, 4.69) is 32.9 Å². The number of epoxide rings is 1. The second-order valence-electron chi connectivity index (χ2n) is 3.96. The van der Waals surface area contributed by atoms with Crippen molar-refractivity contribution >= 4 is 0 Å². The molecular weight excluding hydrogens is 160 g/mol. The first-order chi connectivity index (χ1) is 6.18.